The van der Waals surface area contributed by atoms with Crippen LogP contribution >= 0.6 is 34.8 Å². The second-order valence-electron chi connectivity index (χ2n) is 2.42. The van der Waals surface area contributed by atoms with E-state index in [1.807, 2.05) is 0 Å². The molecule has 1 aromatic rings. The molecule has 1 aromatic carbocycles. The number of halogens is 4. The predicted molar refractivity (Wildman–Crippen MR) is 54.0 cm³/mol. The van der Waals surface area contributed by atoms with Crippen LogP contribution in [-0.2, 0) is 0 Å². The first-order valence-electron chi connectivity index (χ1n) is 3.49. The van der Waals surface area contributed by atoms with Gasteiger partial charge >= 0.3 is 9.67 Å². The van der Waals surface area contributed by atoms with E-state index in [2.05, 4.69) is 4.74 Å². The molecule has 0 aliphatic heterocycles. The Morgan fingerprint density at radius 2 is 2.00 bits per heavy atom. The third kappa shape index (κ3) is 3.70. The van der Waals surface area contributed by atoms with Crippen LogP contribution in [0.15, 0.2) is 18.2 Å². The summed E-state index contributed by atoms with van der Waals surface area (Å²) < 4.78 is 15.6. The molecule has 1 rings (SSSR count). The number of nitro groups is 1. The van der Waals surface area contributed by atoms with Crippen LogP contribution in [0.3, 0.4) is 0 Å². The summed E-state index contributed by atoms with van der Waals surface area (Å²) in [7, 11) is 0. The van der Waals surface area contributed by atoms with Gasteiger partial charge in [0.25, 0.3) is 0 Å². The highest BCUT2D eigenvalue weighted by atomic mass is 35.6. The molecule has 0 spiro atoms. The molecule has 0 saturated heterocycles. The minimum Gasteiger partial charge on any atom is -0.445 e. The van der Waals surface area contributed by atoms with E-state index < -0.39 is 20.4 Å². The van der Waals surface area contributed by atoms with E-state index in [9.17, 15) is 14.5 Å². The summed E-state index contributed by atoms with van der Waals surface area (Å²) in [4.78, 5) is 9.40. The Labute approximate surface area is 98.6 Å². The van der Waals surface area contributed by atoms with Crippen LogP contribution in [0.5, 0.6) is 5.75 Å². The second-order valence-corrected chi connectivity index (χ2v) is 4.60. The van der Waals surface area contributed by atoms with Gasteiger partial charge in [-0.2, -0.15) is 4.39 Å². The van der Waals surface area contributed by atoms with E-state index in [4.69, 9.17) is 34.8 Å². The number of alkyl halides is 3. The Morgan fingerprint density at radius 1 is 1.40 bits per heavy atom. The van der Waals surface area contributed by atoms with Gasteiger partial charge in [-0.3, -0.25) is 10.1 Å². The lowest BCUT2D eigenvalue weighted by molar-refractivity contribution is -0.387. The van der Waals surface area contributed by atoms with Crippen LogP contribution in [-0.4, -0.2) is 8.90 Å². The van der Waals surface area contributed by atoms with Crippen molar-refractivity contribution in [2.75, 3.05) is 0 Å². The fourth-order valence-corrected chi connectivity index (χ4v) is 1.10. The molecule has 82 valence electrons. The van der Waals surface area contributed by atoms with Crippen molar-refractivity contribution in [2.24, 2.45) is 0 Å². The van der Waals surface area contributed by atoms with E-state index >= 15 is 0 Å². The highest BCUT2D eigenvalue weighted by molar-refractivity contribution is 6.66. The SMILES string of the molecule is O=[N+]([O-])c1ccc(OC(Cl)(Cl)Cl)cc1F. The van der Waals surface area contributed by atoms with Crippen molar-refractivity contribution in [3.63, 3.8) is 0 Å². The summed E-state index contributed by atoms with van der Waals surface area (Å²) in [5, 5.41) is 10.3. The average Bonchev–Trinajstić information content (AvgIpc) is 1.99. The lowest BCUT2D eigenvalue weighted by Crippen LogP contribution is -2.12. The molecule has 4 nitrogen and oxygen atoms in total. The molecular weight excluding hydrogens is 271 g/mol. The highest BCUT2D eigenvalue weighted by Crippen LogP contribution is 2.31. The second kappa shape index (κ2) is 4.38. The monoisotopic (exact) mass is 273 g/mol. The number of rotatable bonds is 2. The van der Waals surface area contributed by atoms with Crippen molar-refractivity contribution in [1.82, 2.24) is 0 Å². The van der Waals surface area contributed by atoms with Gasteiger partial charge in [-0.15, -0.1) is 0 Å². The Hall–Kier alpha value is -0.780. The van der Waals surface area contributed by atoms with E-state index in [0.29, 0.717) is 0 Å². The highest BCUT2D eigenvalue weighted by Gasteiger charge is 2.23. The Kier molecular flexibility index (Phi) is 3.59. The lowest BCUT2D eigenvalue weighted by atomic mass is 10.3. The van der Waals surface area contributed by atoms with Crippen molar-refractivity contribution >= 4 is 40.5 Å². The van der Waals surface area contributed by atoms with Crippen LogP contribution in [0, 0.1) is 15.9 Å². The third-order valence-electron chi connectivity index (χ3n) is 1.35. The quantitative estimate of drug-likeness (QED) is 0.471. The number of nitro benzene ring substituents is 1. The third-order valence-corrected chi connectivity index (χ3v) is 1.58. The Morgan fingerprint density at radius 3 is 2.40 bits per heavy atom. The Bertz CT molecular complexity index is 394. The first-order valence-corrected chi connectivity index (χ1v) is 4.62. The predicted octanol–water partition coefficient (Wildman–Crippen LogP) is 3.44. The van der Waals surface area contributed by atoms with Crippen LogP contribution in [0.1, 0.15) is 0 Å². The first-order chi connectivity index (χ1) is 6.79. The molecule has 0 atom stereocenters. The van der Waals surface area contributed by atoms with E-state index in [-0.39, 0.29) is 5.75 Å². The molecule has 0 aliphatic rings. The molecule has 8 heteroatoms. The van der Waals surface area contributed by atoms with E-state index in [0.717, 1.165) is 18.2 Å². The topological polar surface area (TPSA) is 52.4 Å². The van der Waals surface area contributed by atoms with Crippen LogP contribution in [0.4, 0.5) is 10.1 Å². The zero-order chi connectivity index (χ0) is 11.6. The molecule has 0 aliphatic carbocycles. The summed E-state index contributed by atoms with van der Waals surface area (Å²) in [6.07, 6.45) is 0. The molecule has 0 radical (unpaired) electrons. The first kappa shape index (κ1) is 12.3. The zero-order valence-corrected chi connectivity index (χ0v) is 9.18. The zero-order valence-electron chi connectivity index (χ0n) is 6.92. The van der Waals surface area contributed by atoms with Crippen molar-refractivity contribution in [3.05, 3.63) is 34.1 Å². The minimum absolute atomic E-state index is 0.113. The van der Waals surface area contributed by atoms with E-state index in [1.165, 1.54) is 0 Å². The van der Waals surface area contributed by atoms with Gasteiger partial charge in [0.2, 0.25) is 5.82 Å². The summed E-state index contributed by atoms with van der Waals surface area (Å²) in [6, 6.07) is 2.81. The fraction of sp³-hybridized carbons (Fsp3) is 0.143. The lowest BCUT2D eigenvalue weighted by Gasteiger charge is -2.13. The van der Waals surface area contributed by atoms with E-state index in [1.54, 1.807) is 0 Å². The van der Waals surface area contributed by atoms with Gasteiger partial charge < -0.3 is 4.74 Å². The van der Waals surface area contributed by atoms with Gasteiger partial charge in [-0.1, -0.05) is 0 Å². The molecule has 0 saturated carbocycles. The van der Waals surface area contributed by atoms with Crippen LogP contribution in [0.25, 0.3) is 0 Å². The molecule has 0 aromatic heterocycles. The molecule has 15 heavy (non-hydrogen) atoms. The normalized spacial score (nSPS) is 11.2. The number of benzene rings is 1. The molecule has 0 fully saturated rings. The van der Waals surface area contributed by atoms with Crippen molar-refractivity contribution in [3.8, 4) is 5.75 Å². The minimum atomic E-state index is -2.04. The van der Waals surface area contributed by atoms with Crippen molar-refractivity contribution in [2.45, 2.75) is 3.98 Å². The summed E-state index contributed by atoms with van der Waals surface area (Å²) in [6.45, 7) is 0. The standard InChI is InChI=1S/C7H3Cl3FNO3/c8-7(9,10)15-4-1-2-6(12(13)14)5(11)3-4/h1-3H. The van der Waals surface area contributed by atoms with Gasteiger partial charge in [-0.05, 0) is 40.9 Å². The largest absolute Gasteiger partial charge is 0.445 e. The fourth-order valence-electron chi connectivity index (χ4n) is 0.833. The number of ether oxygens (including phenoxy) is 1. The Balaban J connectivity index is 2.97. The molecule has 0 unspecified atom stereocenters. The molecule has 0 N–H and O–H groups in total. The maximum Gasteiger partial charge on any atom is 0.338 e. The van der Waals surface area contributed by atoms with Crippen LogP contribution in [0.2, 0.25) is 0 Å². The van der Waals surface area contributed by atoms with Gasteiger partial charge in [0, 0.05) is 12.1 Å². The summed E-state index contributed by atoms with van der Waals surface area (Å²) in [5.74, 6) is -1.18. The molecule has 0 amide bonds. The van der Waals surface area contributed by atoms with Gasteiger partial charge in [-0.25, -0.2) is 0 Å². The molecule has 0 heterocycles. The van der Waals surface area contributed by atoms with Crippen molar-refractivity contribution < 1.29 is 14.1 Å². The smallest absolute Gasteiger partial charge is 0.338 e. The van der Waals surface area contributed by atoms with Gasteiger partial charge in [0.15, 0.2) is 0 Å². The average molecular weight is 274 g/mol. The summed E-state index contributed by atoms with van der Waals surface area (Å²) in [5.41, 5.74) is -0.674. The van der Waals surface area contributed by atoms with Gasteiger partial charge in [0.05, 0.1) is 4.92 Å². The molecular formula is C7H3Cl3FNO3. The number of nitrogens with zero attached hydrogens (tertiary/aromatic N) is 1. The molecule has 0 bridgehead atoms. The summed E-state index contributed by atoms with van der Waals surface area (Å²) >= 11 is 15.8. The van der Waals surface area contributed by atoms with Crippen molar-refractivity contribution in [1.29, 1.82) is 0 Å². The maximum atomic E-state index is 13.0. The van der Waals surface area contributed by atoms with Gasteiger partial charge in [0.1, 0.15) is 5.75 Å². The van der Waals surface area contributed by atoms with Crippen LogP contribution < -0.4 is 4.74 Å². The number of hydrogen-bond acceptors (Lipinski definition) is 3. The maximum absolute atomic E-state index is 13.0. The number of hydrogen-bond donors (Lipinski definition) is 0.